The van der Waals surface area contributed by atoms with Gasteiger partial charge in [0.15, 0.2) is 0 Å². The van der Waals surface area contributed by atoms with Crippen molar-refractivity contribution in [1.29, 1.82) is 0 Å². The molecule has 1 aromatic heterocycles. The van der Waals surface area contributed by atoms with Crippen LogP contribution in [-0.4, -0.2) is 6.54 Å². The molecule has 0 aliphatic heterocycles. The highest BCUT2D eigenvalue weighted by Gasteiger charge is 2.15. The van der Waals surface area contributed by atoms with Crippen LogP contribution in [0.1, 0.15) is 36.1 Å². The largest absolute Gasteiger partial charge is 0.310 e. The van der Waals surface area contributed by atoms with Gasteiger partial charge < -0.3 is 5.32 Å². The molecule has 0 aliphatic rings. The number of aryl methyl sites for hydroxylation is 1. The fraction of sp³-hybridized carbons (Fsp3) is 0.375. The SMILES string of the molecule is CCCNC(Cc1ccc(C)cc1)c1cscc1Br. The van der Waals surface area contributed by atoms with E-state index in [4.69, 9.17) is 0 Å². The van der Waals surface area contributed by atoms with E-state index in [9.17, 15) is 0 Å². The third-order valence-corrected chi connectivity index (χ3v) is 4.97. The molecule has 0 fully saturated rings. The van der Waals surface area contributed by atoms with Crippen LogP contribution in [-0.2, 0) is 6.42 Å². The molecule has 1 N–H and O–H groups in total. The van der Waals surface area contributed by atoms with Crippen molar-refractivity contribution in [1.82, 2.24) is 5.32 Å². The molecule has 1 unspecified atom stereocenters. The second-order valence-corrected chi connectivity index (χ2v) is 6.47. The van der Waals surface area contributed by atoms with Gasteiger partial charge in [0.1, 0.15) is 0 Å². The summed E-state index contributed by atoms with van der Waals surface area (Å²) >= 11 is 5.41. The maximum Gasteiger partial charge on any atom is 0.0380 e. The number of nitrogens with one attached hydrogen (secondary N) is 1. The number of hydrogen-bond donors (Lipinski definition) is 1. The summed E-state index contributed by atoms with van der Waals surface area (Å²) in [7, 11) is 0. The lowest BCUT2D eigenvalue weighted by Crippen LogP contribution is -2.24. The molecule has 0 saturated heterocycles. The average Bonchev–Trinajstić information content (AvgIpc) is 2.83. The second kappa shape index (κ2) is 7.22. The van der Waals surface area contributed by atoms with Crippen LogP contribution in [0, 0.1) is 6.92 Å². The minimum atomic E-state index is 0.392. The Morgan fingerprint density at radius 2 is 1.95 bits per heavy atom. The Balaban J connectivity index is 2.14. The van der Waals surface area contributed by atoms with Gasteiger partial charge in [-0.15, -0.1) is 0 Å². The molecule has 0 saturated carbocycles. The van der Waals surface area contributed by atoms with Crippen molar-refractivity contribution in [3.63, 3.8) is 0 Å². The number of thiophene rings is 1. The van der Waals surface area contributed by atoms with Gasteiger partial charge in [0, 0.05) is 15.9 Å². The first kappa shape index (κ1) is 14.8. The molecule has 0 amide bonds. The fourth-order valence-electron chi connectivity index (χ4n) is 2.11. The lowest BCUT2D eigenvalue weighted by atomic mass is 10.0. The highest BCUT2D eigenvalue weighted by molar-refractivity contribution is 9.10. The fourth-order valence-corrected chi connectivity index (χ4v) is 3.74. The molecule has 2 aromatic rings. The summed E-state index contributed by atoms with van der Waals surface area (Å²) in [6.07, 6.45) is 2.20. The zero-order chi connectivity index (χ0) is 13.7. The van der Waals surface area contributed by atoms with Crippen LogP contribution >= 0.6 is 27.3 Å². The van der Waals surface area contributed by atoms with E-state index in [0.29, 0.717) is 6.04 Å². The summed E-state index contributed by atoms with van der Waals surface area (Å²) in [6, 6.07) is 9.24. The molecule has 1 heterocycles. The Labute approximate surface area is 128 Å². The van der Waals surface area contributed by atoms with E-state index >= 15 is 0 Å². The quantitative estimate of drug-likeness (QED) is 0.772. The molecule has 0 aliphatic carbocycles. The van der Waals surface area contributed by atoms with Crippen LogP contribution in [0.5, 0.6) is 0 Å². The van der Waals surface area contributed by atoms with E-state index < -0.39 is 0 Å². The maximum atomic E-state index is 3.65. The second-order valence-electron chi connectivity index (χ2n) is 4.87. The molecule has 1 nitrogen and oxygen atoms in total. The molecule has 1 atom stereocenters. The average molecular weight is 338 g/mol. The monoisotopic (exact) mass is 337 g/mol. The summed E-state index contributed by atoms with van der Waals surface area (Å²) in [5, 5.41) is 8.05. The molecule has 1 aromatic carbocycles. The van der Waals surface area contributed by atoms with Crippen LogP contribution in [0.25, 0.3) is 0 Å². The smallest absolute Gasteiger partial charge is 0.0380 e. The third-order valence-electron chi connectivity index (χ3n) is 3.22. The van der Waals surface area contributed by atoms with E-state index in [0.717, 1.165) is 19.4 Å². The Morgan fingerprint density at radius 3 is 2.53 bits per heavy atom. The van der Waals surface area contributed by atoms with Crippen molar-refractivity contribution in [2.45, 2.75) is 32.7 Å². The molecular weight excluding hydrogens is 318 g/mol. The highest BCUT2D eigenvalue weighted by atomic mass is 79.9. The molecule has 0 bridgehead atoms. The van der Waals surface area contributed by atoms with Gasteiger partial charge in [-0.1, -0.05) is 36.8 Å². The van der Waals surface area contributed by atoms with Crippen LogP contribution in [0.15, 0.2) is 39.5 Å². The van der Waals surface area contributed by atoms with E-state index in [-0.39, 0.29) is 0 Å². The van der Waals surface area contributed by atoms with Crippen molar-refractivity contribution >= 4 is 27.3 Å². The Bertz CT molecular complexity index is 504. The first-order valence-electron chi connectivity index (χ1n) is 6.71. The predicted octanol–water partition coefficient (Wildman–Crippen LogP) is 5.10. The van der Waals surface area contributed by atoms with E-state index in [2.05, 4.69) is 70.1 Å². The van der Waals surface area contributed by atoms with Crippen molar-refractivity contribution in [3.8, 4) is 0 Å². The van der Waals surface area contributed by atoms with Crippen LogP contribution in [0.4, 0.5) is 0 Å². The number of halogens is 1. The van der Waals surface area contributed by atoms with Crippen LogP contribution in [0.2, 0.25) is 0 Å². The standard InChI is InChI=1S/C16H20BrNS/c1-3-8-18-16(14-10-19-11-15(14)17)9-13-6-4-12(2)5-7-13/h4-7,10-11,16,18H,3,8-9H2,1-2H3. The van der Waals surface area contributed by atoms with Gasteiger partial charge in [-0.05, 0) is 58.7 Å². The lowest BCUT2D eigenvalue weighted by molar-refractivity contribution is 0.529. The van der Waals surface area contributed by atoms with E-state index in [1.807, 2.05) is 0 Å². The topological polar surface area (TPSA) is 12.0 Å². The molecule has 3 heteroatoms. The molecule has 2 rings (SSSR count). The Morgan fingerprint density at radius 1 is 1.21 bits per heavy atom. The first-order chi connectivity index (χ1) is 9.20. The normalized spacial score (nSPS) is 12.6. The number of rotatable bonds is 6. The van der Waals surface area contributed by atoms with Crippen molar-refractivity contribution in [2.24, 2.45) is 0 Å². The molecule has 0 radical (unpaired) electrons. The first-order valence-corrected chi connectivity index (χ1v) is 8.44. The third kappa shape index (κ3) is 4.16. The summed E-state index contributed by atoms with van der Waals surface area (Å²) in [4.78, 5) is 0. The molecule has 19 heavy (non-hydrogen) atoms. The lowest BCUT2D eigenvalue weighted by Gasteiger charge is -2.18. The molecule has 0 spiro atoms. The van der Waals surface area contributed by atoms with Gasteiger partial charge in [0.25, 0.3) is 0 Å². The van der Waals surface area contributed by atoms with Gasteiger partial charge in [0.05, 0.1) is 0 Å². The summed E-state index contributed by atoms with van der Waals surface area (Å²) in [6.45, 7) is 5.39. The summed E-state index contributed by atoms with van der Waals surface area (Å²) in [5.74, 6) is 0. The molecular formula is C16H20BrNS. The van der Waals surface area contributed by atoms with Gasteiger partial charge in [-0.3, -0.25) is 0 Å². The van der Waals surface area contributed by atoms with E-state index in [1.54, 1.807) is 11.3 Å². The van der Waals surface area contributed by atoms with Gasteiger partial charge in [0.2, 0.25) is 0 Å². The predicted molar refractivity (Wildman–Crippen MR) is 87.9 cm³/mol. The van der Waals surface area contributed by atoms with Gasteiger partial charge in [-0.2, -0.15) is 11.3 Å². The number of benzene rings is 1. The summed E-state index contributed by atoms with van der Waals surface area (Å²) in [5.41, 5.74) is 4.08. The molecule has 102 valence electrons. The minimum Gasteiger partial charge on any atom is -0.310 e. The summed E-state index contributed by atoms with van der Waals surface area (Å²) < 4.78 is 1.22. The van der Waals surface area contributed by atoms with Crippen LogP contribution < -0.4 is 5.32 Å². The minimum absolute atomic E-state index is 0.392. The highest BCUT2D eigenvalue weighted by Crippen LogP contribution is 2.29. The van der Waals surface area contributed by atoms with Crippen LogP contribution in [0.3, 0.4) is 0 Å². The zero-order valence-corrected chi connectivity index (χ0v) is 13.9. The van der Waals surface area contributed by atoms with E-state index in [1.165, 1.54) is 21.2 Å². The Hall–Kier alpha value is -0.640. The zero-order valence-electron chi connectivity index (χ0n) is 11.4. The Kier molecular flexibility index (Phi) is 5.61. The van der Waals surface area contributed by atoms with Gasteiger partial charge in [-0.25, -0.2) is 0 Å². The van der Waals surface area contributed by atoms with Gasteiger partial charge >= 0.3 is 0 Å². The van der Waals surface area contributed by atoms with Crippen molar-refractivity contribution in [2.75, 3.05) is 6.54 Å². The maximum absolute atomic E-state index is 3.65. The van der Waals surface area contributed by atoms with Crippen molar-refractivity contribution < 1.29 is 0 Å². The number of hydrogen-bond acceptors (Lipinski definition) is 2. The van der Waals surface area contributed by atoms with Crippen molar-refractivity contribution in [3.05, 3.63) is 56.2 Å².